The molecule has 30 heavy (non-hydrogen) atoms. The molecule has 1 amide bonds. The molecule has 1 N–H and O–H groups in total. The number of carbonyl (C=O) groups is 2. The zero-order chi connectivity index (χ0) is 21.5. The minimum Gasteiger partial charge on any atom is -0.503 e. The average molecular weight is 433 g/mol. The van der Waals surface area contributed by atoms with Gasteiger partial charge in [-0.3, -0.25) is 9.59 Å². The fourth-order valence-electron chi connectivity index (χ4n) is 3.37. The minimum absolute atomic E-state index is 0.0492. The largest absolute Gasteiger partial charge is 0.503 e. The van der Waals surface area contributed by atoms with E-state index in [9.17, 15) is 27.9 Å². The van der Waals surface area contributed by atoms with Gasteiger partial charge in [0.2, 0.25) is 5.78 Å². The van der Waals surface area contributed by atoms with E-state index in [1.165, 1.54) is 46.8 Å². The number of hydrogen-bond acceptors (Lipinski definition) is 5. The second-order valence-electron chi connectivity index (χ2n) is 6.62. The molecule has 0 radical (unpaired) electrons. The molecule has 3 heterocycles. The highest BCUT2D eigenvalue weighted by Crippen LogP contribution is 2.42. The van der Waals surface area contributed by atoms with Crippen molar-refractivity contribution >= 4 is 23.0 Å². The van der Waals surface area contributed by atoms with Gasteiger partial charge in [0.1, 0.15) is 6.04 Å². The number of Topliss-reactive ketones (excluding diaryl/α,β-unsaturated/α-hetero) is 1. The van der Waals surface area contributed by atoms with Crippen LogP contribution in [0.25, 0.3) is 0 Å². The van der Waals surface area contributed by atoms with E-state index >= 15 is 0 Å². The number of aliphatic hydroxyl groups excluding tert-OH is 1. The topological polar surface area (TPSA) is 70.8 Å². The summed E-state index contributed by atoms with van der Waals surface area (Å²) in [6.45, 7) is -0.218. The van der Waals surface area contributed by atoms with E-state index in [1.54, 1.807) is 17.5 Å². The maximum absolute atomic E-state index is 13.1. The van der Waals surface area contributed by atoms with Crippen molar-refractivity contribution in [2.45, 2.75) is 18.8 Å². The Balaban J connectivity index is 1.74. The number of benzene rings is 1. The van der Waals surface area contributed by atoms with Crippen molar-refractivity contribution < 1.29 is 32.3 Å². The molecule has 0 fully saturated rings. The van der Waals surface area contributed by atoms with Crippen LogP contribution in [0.1, 0.15) is 32.6 Å². The first-order valence-corrected chi connectivity index (χ1v) is 9.67. The lowest BCUT2D eigenvalue weighted by Gasteiger charge is -2.26. The number of aliphatic hydroxyl groups is 1. The highest BCUT2D eigenvalue weighted by atomic mass is 32.1. The number of halogens is 3. The van der Waals surface area contributed by atoms with E-state index in [1.807, 2.05) is 0 Å². The Morgan fingerprint density at radius 3 is 2.60 bits per heavy atom. The first-order chi connectivity index (χ1) is 14.3. The lowest BCUT2D eigenvalue weighted by Crippen LogP contribution is -2.30. The number of nitrogens with zero attached hydrogens (tertiary/aromatic N) is 1. The number of hydrogen-bond donors (Lipinski definition) is 1. The average Bonchev–Trinajstić information content (AvgIpc) is 3.45. The predicted molar refractivity (Wildman–Crippen MR) is 102 cm³/mol. The molecule has 1 aliphatic rings. The highest BCUT2D eigenvalue weighted by molar-refractivity contribution is 7.10. The van der Waals surface area contributed by atoms with Gasteiger partial charge in [0.15, 0.2) is 11.5 Å². The van der Waals surface area contributed by atoms with Crippen LogP contribution in [0.15, 0.2) is 75.9 Å². The van der Waals surface area contributed by atoms with Gasteiger partial charge in [0.25, 0.3) is 5.91 Å². The molecule has 154 valence electrons. The lowest BCUT2D eigenvalue weighted by molar-refractivity contribution is -0.137. The van der Waals surface area contributed by atoms with Crippen molar-refractivity contribution in [3.63, 3.8) is 0 Å². The number of furan rings is 1. The smallest absolute Gasteiger partial charge is 0.416 e. The van der Waals surface area contributed by atoms with Gasteiger partial charge in [0, 0.05) is 11.4 Å². The molecule has 1 aliphatic heterocycles. The van der Waals surface area contributed by atoms with E-state index in [-0.39, 0.29) is 23.4 Å². The zero-order valence-electron chi connectivity index (χ0n) is 15.2. The standard InChI is InChI=1S/C21H14F3NO4S/c22-21(23,24)13-5-1-4-12(10-13)11-25-17(15-7-3-9-30-15)16(19(27)20(25)28)18(26)14-6-2-8-29-14/h1-10,17,27H,11H2. The van der Waals surface area contributed by atoms with Crippen LogP contribution in [0.5, 0.6) is 0 Å². The third kappa shape index (κ3) is 3.52. The van der Waals surface area contributed by atoms with Crippen LogP contribution in [0.4, 0.5) is 13.2 Å². The number of thiophene rings is 1. The van der Waals surface area contributed by atoms with E-state index in [4.69, 9.17) is 4.42 Å². The molecule has 9 heteroatoms. The van der Waals surface area contributed by atoms with Crippen molar-refractivity contribution in [2.75, 3.05) is 0 Å². The summed E-state index contributed by atoms with van der Waals surface area (Å²) in [4.78, 5) is 27.5. The van der Waals surface area contributed by atoms with E-state index in [0.29, 0.717) is 4.88 Å². The van der Waals surface area contributed by atoms with Crippen LogP contribution in [0.3, 0.4) is 0 Å². The Labute approximate surface area is 172 Å². The summed E-state index contributed by atoms with van der Waals surface area (Å²) >= 11 is 1.26. The van der Waals surface area contributed by atoms with Crippen LogP contribution < -0.4 is 0 Å². The van der Waals surface area contributed by atoms with Gasteiger partial charge >= 0.3 is 6.18 Å². The molecule has 0 spiro atoms. The summed E-state index contributed by atoms with van der Waals surface area (Å²) in [5.41, 5.74) is -0.785. The van der Waals surface area contributed by atoms with Gasteiger partial charge in [0.05, 0.1) is 17.4 Å². The van der Waals surface area contributed by atoms with E-state index in [2.05, 4.69) is 0 Å². The number of ketones is 1. The van der Waals surface area contributed by atoms with Crippen molar-refractivity contribution in [3.8, 4) is 0 Å². The molecule has 0 bridgehead atoms. The van der Waals surface area contributed by atoms with Gasteiger partial charge in [-0.25, -0.2) is 0 Å². The van der Waals surface area contributed by atoms with Crippen molar-refractivity contribution in [2.24, 2.45) is 0 Å². The molecule has 1 unspecified atom stereocenters. The second kappa shape index (κ2) is 7.49. The number of rotatable bonds is 5. The predicted octanol–water partition coefficient (Wildman–Crippen LogP) is 5.14. The van der Waals surface area contributed by atoms with Gasteiger partial charge in [-0.1, -0.05) is 18.2 Å². The molecular formula is C21H14F3NO4S. The maximum Gasteiger partial charge on any atom is 0.416 e. The molecule has 5 nitrogen and oxygen atoms in total. The van der Waals surface area contributed by atoms with Crippen molar-refractivity contribution in [3.05, 3.63) is 93.3 Å². The zero-order valence-corrected chi connectivity index (χ0v) is 16.0. The van der Waals surface area contributed by atoms with Crippen LogP contribution >= 0.6 is 11.3 Å². The van der Waals surface area contributed by atoms with Gasteiger partial charge in [-0.2, -0.15) is 13.2 Å². The van der Waals surface area contributed by atoms with Crippen LogP contribution in [-0.4, -0.2) is 21.7 Å². The molecule has 4 rings (SSSR count). The molecule has 2 aromatic heterocycles. The van der Waals surface area contributed by atoms with E-state index < -0.39 is 35.2 Å². The monoisotopic (exact) mass is 433 g/mol. The van der Waals surface area contributed by atoms with Gasteiger partial charge in [-0.15, -0.1) is 11.3 Å². The molecule has 3 aromatic rings. The minimum atomic E-state index is -4.53. The van der Waals surface area contributed by atoms with Crippen LogP contribution in [-0.2, 0) is 17.5 Å². The Hall–Kier alpha value is -3.33. The number of alkyl halides is 3. The Morgan fingerprint density at radius 1 is 1.17 bits per heavy atom. The first kappa shape index (κ1) is 20.0. The third-order valence-corrected chi connectivity index (χ3v) is 5.64. The molecule has 1 aromatic carbocycles. The normalized spacial score (nSPS) is 17.1. The van der Waals surface area contributed by atoms with E-state index in [0.717, 1.165) is 12.1 Å². The van der Waals surface area contributed by atoms with Crippen LogP contribution in [0, 0.1) is 0 Å². The molecule has 0 saturated heterocycles. The number of amides is 1. The maximum atomic E-state index is 13.1. The second-order valence-corrected chi connectivity index (χ2v) is 7.60. The molecule has 0 aliphatic carbocycles. The summed E-state index contributed by atoms with van der Waals surface area (Å²) in [6, 6.07) is 9.97. The van der Waals surface area contributed by atoms with Crippen molar-refractivity contribution in [1.82, 2.24) is 4.90 Å². The third-order valence-electron chi connectivity index (χ3n) is 4.71. The fourth-order valence-corrected chi connectivity index (χ4v) is 4.22. The SMILES string of the molecule is O=C(C1=C(O)C(=O)N(Cc2cccc(C(F)(F)F)c2)C1c1cccs1)c1ccco1. The van der Waals surface area contributed by atoms with Crippen molar-refractivity contribution in [1.29, 1.82) is 0 Å². The Bertz CT molecular complexity index is 1120. The Morgan fingerprint density at radius 2 is 1.97 bits per heavy atom. The summed E-state index contributed by atoms with van der Waals surface area (Å²) in [5, 5.41) is 12.2. The Kier molecular flexibility index (Phi) is 4.98. The summed E-state index contributed by atoms with van der Waals surface area (Å²) < 4.78 is 44.3. The van der Waals surface area contributed by atoms with Gasteiger partial charge < -0.3 is 14.4 Å². The quantitative estimate of drug-likeness (QED) is 0.566. The molecular weight excluding hydrogens is 419 g/mol. The summed E-state index contributed by atoms with van der Waals surface area (Å²) in [6.07, 6.45) is -3.23. The fraction of sp³-hybridized carbons (Fsp3) is 0.143. The molecule has 0 saturated carbocycles. The number of carbonyl (C=O) groups excluding carboxylic acids is 2. The van der Waals surface area contributed by atoms with Gasteiger partial charge in [-0.05, 0) is 41.3 Å². The lowest BCUT2D eigenvalue weighted by atomic mass is 10.00. The highest BCUT2D eigenvalue weighted by Gasteiger charge is 2.45. The first-order valence-electron chi connectivity index (χ1n) is 8.79. The van der Waals surface area contributed by atoms with Crippen LogP contribution in [0.2, 0.25) is 0 Å². The summed E-state index contributed by atoms with van der Waals surface area (Å²) in [7, 11) is 0. The summed E-state index contributed by atoms with van der Waals surface area (Å²) in [5.74, 6) is -2.27. The molecule has 1 atom stereocenters.